The molecule has 6 heteroatoms. The number of nitrogens with zero attached hydrogens (tertiary/aromatic N) is 1. The Kier molecular flexibility index (Phi) is 4.99. The number of hydrazone groups is 1. The Labute approximate surface area is 110 Å². The van der Waals surface area contributed by atoms with Crippen molar-refractivity contribution in [2.75, 3.05) is 0 Å². The summed E-state index contributed by atoms with van der Waals surface area (Å²) in [5, 5.41) is 5.22. The van der Waals surface area contributed by atoms with E-state index in [1.165, 1.54) is 0 Å². The smallest absolute Gasteiger partial charge is 0.184 e. The maximum atomic E-state index is 5.92. The number of nitrogens with two attached hydrogens (primary N) is 1. The standard InChI is InChI=1S/C10H11Cl2N3S/c1-2-9(14-15-10(13)16)6-3-4-7(11)8(12)5-6/h3-5H,2H2,1H3,(H3,13,15,16)/b14-9+. The van der Waals surface area contributed by atoms with Gasteiger partial charge >= 0.3 is 0 Å². The second-order valence-electron chi connectivity index (χ2n) is 3.02. The van der Waals surface area contributed by atoms with Crippen LogP contribution in [0.2, 0.25) is 10.0 Å². The molecule has 0 bridgehead atoms. The van der Waals surface area contributed by atoms with E-state index in [-0.39, 0.29) is 5.11 Å². The number of benzene rings is 1. The molecule has 1 aromatic carbocycles. The fourth-order valence-electron chi connectivity index (χ4n) is 1.15. The van der Waals surface area contributed by atoms with Gasteiger partial charge in [-0.15, -0.1) is 0 Å². The van der Waals surface area contributed by atoms with E-state index in [1.54, 1.807) is 12.1 Å². The first kappa shape index (κ1) is 13.2. The number of thiocarbonyl (C=S) groups is 1. The number of hydrogen-bond donors (Lipinski definition) is 2. The molecule has 0 saturated carbocycles. The summed E-state index contributed by atoms with van der Waals surface area (Å²) in [6.45, 7) is 1.97. The van der Waals surface area contributed by atoms with E-state index in [0.717, 1.165) is 17.7 Å². The largest absolute Gasteiger partial charge is 0.375 e. The van der Waals surface area contributed by atoms with Crippen molar-refractivity contribution in [3.63, 3.8) is 0 Å². The van der Waals surface area contributed by atoms with Gasteiger partial charge in [-0.2, -0.15) is 5.10 Å². The van der Waals surface area contributed by atoms with E-state index in [2.05, 4.69) is 22.7 Å². The topological polar surface area (TPSA) is 50.4 Å². The Bertz CT molecular complexity index is 432. The molecule has 16 heavy (non-hydrogen) atoms. The van der Waals surface area contributed by atoms with E-state index < -0.39 is 0 Å². The fourth-order valence-corrected chi connectivity index (χ4v) is 1.49. The number of halogens is 2. The Morgan fingerprint density at radius 2 is 2.12 bits per heavy atom. The quantitative estimate of drug-likeness (QED) is 0.507. The molecule has 0 aliphatic rings. The highest BCUT2D eigenvalue weighted by atomic mass is 35.5. The van der Waals surface area contributed by atoms with Crippen LogP contribution in [0, 0.1) is 0 Å². The van der Waals surface area contributed by atoms with Crippen molar-refractivity contribution in [1.82, 2.24) is 5.43 Å². The summed E-state index contributed by atoms with van der Waals surface area (Å²) in [5.74, 6) is 0. The third kappa shape index (κ3) is 3.63. The molecule has 0 radical (unpaired) electrons. The van der Waals surface area contributed by atoms with Crippen LogP contribution in [0.3, 0.4) is 0 Å². The van der Waals surface area contributed by atoms with Gasteiger partial charge in [0.1, 0.15) is 0 Å². The normalized spacial score (nSPS) is 11.3. The van der Waals surface area contributed by atoms with Crippen molar-refractivity contribution in [1.29, 1.82) is 0 Å². The maximum Gasteiger partial charge on any atom is 0.184 e. The van der Waals surface area contributed by atoms with Crippen molar-refractivity contribution in [2.45, 2.75) is 13.3 Å². The van der Waals surface area contributed by atoms with Crippen molar-refractivity contribution in [3.05, 3.63) is 33.8 Å². The van der Waals surface area contributed by atoms with Gasteiger partial charge < -0.3 is 5.73 Å². The van der Waals surface area contributed by atoms with Crippen LogP contribution < -0.4 is 11.2 Å². The minimum Gasteiger partial charge on any atom is -0.375 e. The molecule has 1 rings (SSSR count). The van der Waals surface area contributed by atoms with Gasteiger partial charge in [0, 0.05) is 0 Å². The molecule has 0 saturated heterocycles. The SMILES string of the molecule is CC/C(=N\NC(N)=S)c1ccc(Cl)c(Cl)c1. The molecule has 0 fully saturated rings. The average molecular weight is 276 g/mol. The summed E-state index contributed by atoms with van der Waals surface area (Å²) in [7, 11) is 0. The van der Waals surface area contributed by atoms with Gasteiger partial charge in [0.25, 0.3) is 0 Å². The molecule has 0 atom stereocenters. The third-order valence-corrected chi connectivity index (χ3v) is 2.72. The van der Waals surface area contributed by atoms with E-state index >= 15 is 0 Å². The highest BCUT2D eigenvalue weighted by Crippen LogP contribution is 2.23. The summed E-state index contributed by atoms with van der Waals surface area (Å²) in [6, 6.07) is 5.33. The Balaban J connectivity index is 2.99. The van der Waals surface area contributed by atoms with Crippen LogP contribution in [0.1, 0.15) is 18.9 Å². The molecule has 0 aromatic heterocycles. The molecule has 3 N–H and O–H groups in total. The lowest BCUT2D eigenvalue weighted by Gasteiger charge is -2.06. The molecular weight excluding hydrogens is 265 g/mol. The lowest BCUT2D eigenvalue weighted by Crippen LogP contribution is -2.25. The minimum absolute atomic E-state index is 0.131. The monoisotopic (exact) mass is 275 g/mol. The molecule has 0 amide bonds. The molecule has 0 heterocycles. The Morgan fingerprint density at radius 1 is 1.44 bits per heavy atom. The van der Waals surface area contributed by atoms with E-state index in [0.29, 0.717) is 10.0 Å². The van der Waals surface area contributed by atoms with E-state index in [4.69, 9.17) is 28.9 Å². The van der Waals surface area contributed by atoms with Gasteiger partial charge in [-0.25, -0.2) is 0 Å². The summed E-state index contributed by atoms with van der Waals surface area (Å²) in [4.78, 5) is 0. The highest BCUT2D eigenvalue weighted by molar-refractivity contribution is 7.80. The Hall–Kier alpha value is -0.840. The van der Waals surface area contributed by atoms with Gasteiger partial charge in [0.05, 0.1) is 15.8 Å². The van der Waals surface area contributed by atoms with Crippen LogP contribution in [0.4, 0.5) is 0 Å². The average Bonchev–Trinajstić information content (AvgIpc) is 2.23. The van der Waals surface area contributed by atoms with Crippen molar-refractivity contribution in [3.8, 4) is 0 Å². The lowest BCUT2D eigenvalue weighted by atomic mass is 10.1. The van der Waals surface area contributed by atoms with Crippen LogP contribution >= 0.6 is 35.4 Å². The first-order valence-electron chi connectivity index (χ1n) is 4.62. The molecule has 3 nitrogen and oxygen atoms in total. The second-order valence-corrected chi connectivity index (χ2v) is 4.27. The predicted octanol–water partition coefficient (Wildman–Crippen LogP) is 2.94. The molecule has 0 unspecified atom stereocenters. The Morgan fingerprint density at radius 3 is 2.62 bits per heavy atom. The summed E-state index contributed by atoms with van der Waals surface area (Å²) >= 11 is 16.4. The molecule has 1 aromatic rings. The van der Waals surface area contributed by atoms with Crippen LogP contribution in [0.25, 0.3) is 0 Å². The van der Waals surface area contributed by atoms with Crippen LogP contribution in [-0.2, 0) is 0 Å². The molecule has 0 aliphatic heterocycles. The van der Waals surface area contributed by atoms with Crippen molar-refractivity contribution >= 4 is 46.2 Å². The lowest BCUT2D eigenvalue weighted by molar-refractivity contribution is 1.01. The van der Waals surface area contributed by atoms with Gasteiger partial charge in [0.15, 0.2) is 5.11 Å². The van der Waals surface area contributed by atoms with Crippen molar-refractivity contribution < 1.29 is 0 Å². The summed E-state index contributed by atoms with van der Waals surface area (Å²) < 4.78 is 0. The van der Waals surface area contributed by atoms with Crippen molar-refractivity contribution in [2.24, 2.45) is 10.8 Å². The third-order valence-electron chi connectivity index (χ3n) is 1.89. The van der Waals surface area contributed by atoms with Crippen LogP contribution in [-0.4, -0.2) is 10.8 Å². The van der Waals surface area contributed by atoms with Gasteiger partial charge in [0.2, 0.25) is 0 Å². The maximum absolute atomic E-state index is 5.92. The van der Waals surface area contributed by atoms with E-state index in [1.807, 2.05) is 13.0 Å². The van der Waals surface area contributed by atoms with Gasteiger partial charge in [-0.1, -0.05) is 36.2 Å². The predicted molar refractivity (Wildman–Crippen MR) is 73.2 cm³/mol. The zero-order valence-corrected chi connectivity index (χ0v) is 11.0. The van der Waals surface area contributed by atoms with Crippen LogP contribution in [0.15, 0.2) is 23.3 Å². The number of hydrogen-bond acceptors (Lipinski definition) is 2. The second kappa shape index (κ2) is 6.03. The summed E-state index contributed by atoms with van der Waals surface area (Å²) in [5.41, 5.74) is 9.54. The van der Waals surface area contributed by atoms with Gasteiger partial charge in [-0.3, -0.25) is 5.43 Å². The first-order valence-corrected chi connectivity index (χ1v) is 5.78. The van der Waals surface area contributed by atoms with Crippen LogP contribution in [0.5, 0.6) is 0 Å². The van der Waals surface area contributed by atoms with E-state index in [9.17, 15) is 0 Å². The molecule has 86 valence electrons. The van der Waals surface area contributed by atoms with Gasteiger partial charge in [-0.05, 0) is 36.3 Å². The number of rotatable bonds is 3. The highest BCUT2D eigenvalue weighted by Gasteiger charge is 2.04. The zero-order valence-electron chi connectivity index (χ0n) is 8.63. The fraction of sp³-hybridized carbons (Fsp3) is 0.200. The number of nitrogens with one attached hydrogen (secondary N) is 1. The minimum atomic E-state index is 0.131. The molecular formula is C10H11Cl2N3S. The molecule has 0 spiro atoms. The zero-order chi connectivity index (χ0) is 12.1. The molecule has 0 aliphatic carbocycles. The first-order chi connectivity index (χ1) is 7.54. The summed E-state index contributed by atoms with van der Waals surface area (Å²) in [6.07, 6.45) is 0.730.